The number of nitrogens with one attached hydrogen (secondary N) is 2. The molecule has 2 aromatic rings. The van der Waals surface area contributed by atoms with E-state index in [9.17, 15) is 0 Å². The second kappa shape index (κ2) is 10.7. The zero-order valence-corrected chi connectivity index (χ0v) is 16.6. The molecule has 0 bridgehead atoms. The van der Waals surface area contributed by atoms with E-state index in [2.05, 4.69) is 25.5 Å². The van der Waals surface area contributed by atoms with Crippen molar-refractivity contribution in [2.75, 3.05) is 70.8 Å². The number of nitrogens with zero attached hydrogens (tertiary/aromatic N) is 3. The van der Waals surface area contributed by atoms with Crippen molar-refractivity contribution in [2.45, 2.75) is 6.42 Å². The van der Waals surface area contributed by atoms with Gasteiger partial charge in [0.25, 0.3) is 0 Å². The third-order valence-electron chi connectivity index (χ3n) is 4.64. The van der Waals surface area contributed by atoms with Crippen LogP contribution in [-0.2, 0) is 11.2 Å². The Morgan fingerprint density at radius 3 is 2.64 bits per heavy atom. The molecule has 152 valence electrons. The number of methoxy groups -OCH3 is 2. The maximum atomic E-state index is 5.37. The molecule has 8 nitrogen and oxygen atoms in total. The number of morpholine rings is 1. The summed E-state index contributed by atoms with van der Waals surface area (Å²) in [6.07, 6.45) is 2.62. The number of ether oxygens (including phenoxy) is 3. The number of rotatable bonds is 10. The Bertz CT molecular complexity index is 738. The van der Waals surface area contributed by atoms with Crippen LogP contribution in [0.5, 0.6) is 11.5 Å². The maximum Gasteiger partial charge on any atom is 0.224 e. The summed E-state index contributed by atoms with van der Waals surface area (Å²) < 4.78 is 16.0. The SMILES string of the molecule is COc1ccc(CCNc2ccnc(NCCN3CCOCC3)n2)cc1OC. The highest BCUT2D eigenvalue weighted by atomic mass is 16.5. The lowest BCUT2D eigenvalue weighted by Gasteiger charge is -2.26. The number of aromatic nitrogens is 2. The third-order valence-corrected chi connectivity index (χ3v) is 4.64. The Morgan fingerprint density at radius 1 is 1.04 bits per heavy atom. The van der Waals surface area contributed by atoms with Crippen molar-refractivity contribution in [3.8, 4) is 11.5 Å². The van der Waals surface area contributed by atoms with E-state index in [1.807, 2.05) is 24.3 Å². The van der Waals surface area contributed by atoms with Crippen LogP contribution in [0.4, 0.5) is 11.8 Å². The van der Waals surface area contributed by atoms with Crippen LogP contribution in [0.25, 0.3) is 0 Å². The summed E-state index contributed by atoms with van der Waals surface area (Å²) in [5.41, 5.74) is 1.17. The van der Waals surface area contributed by atoms with Gasteiger partial charge in [0, 0.05) is 38.9 Å². The average Bonchev–Trinajstić information content (AvgIpc) is 2.75. The Morgan fingerprint density at radius 2 is 1.86 bits per heavy atom. The monoisotopic (exact) mass is 387 g/mol. The molecule has 0 unspecified atom stereocenters. The van der Waals surface area contributed by atoms with Crippen LogP contribution in [0.2, 0.25) is 0 Å². The molecule has 28 heavy (non-hydrogen) atoms. The molecule has 0 radical (unpaired) electrons. The van der Waals surface area contributed by atoms with Crippen molar-refractivity contribution in [3.05, 3.63) is 36.0 Å². The summed E-state index contributed by atoms with van der Waals surface area (Å²) in [5.74, 6) is 2.94. The predicted octanol–water partition coefficient (Wildman–Crippen LogP) is 1.89. The van der Waals surface area contributed by atoms with Gasteiger partial charge >= 0.3 is 0 Å². The zero-order chi connectivity index (χ0) is 19.6. The molecule has 1 saturated heterocycles. The van der Waals surface area contributed by atoms with E-state index in [-0.39, 0.29) is 0 Å². The van der Waals surface area contributed by atoms with Gasteiger partial charge in [-0.15, -0.1) is 0 Å². The molecule has 1 aliphatic rings. The highest BCUT2D eigenvalue weighted by Crippen LogP contribution is 2.27. The van der Waals surface area contributed by atoms with Crippen LogP contribution in [0.1, 0.15) is 5.56 Å². The molecule has 1 fully saturated rings. The van der Waals surface area contributed by atoms with E-state index in [0.29, 0.717) is 5.95 Å². The highest BCUT2D eigenvalue weighted by molar-refractivity contribution is 5.44. The molecule has 0 amide bonds. The first-order valence-electron chi connectivity index (χ1n) is 9.60. The molecule has 2 N–H and O–H groups in total. The van der Waals surface area contributed by atoms with E-state index in [1.165, 1.54) is 5.56 Å². The van der Waals surface area contributed by atoms with E-state index >= 15 is 0 Å². The fourth-order valence-electron chi connectivity index (χ4n) is 3.06. The van der Waals surface area contributed by atoms with Crippen molar-refractivity contribution in [1.82, 2.24) is 14.9 Å². The average molecular weight is 387 g/mol. The van der Waals surface area contributed by atoms with Gasteiger partial charge in [0.15, 0.2) is 11.5 Å². The van der Waals surface area contributed by atoms with E-state index in [4.69, 9.17) is 14.2 Å². The van der Waals surface area contributed by atoms with E-state index in [1.54, 1.807) is 20.4 Å². The highest BCUT2D eigenvalue weighted by Gasteiger charge is 2.09. The third kappa shape index (κ3) is 5.97. The zero-order valence-electron chi connectivity index (χ0n) is 16.6. The molecule has 0 saturated carbocycles. The number of hydrogen-bond donors (Lipinski definition) is 2. The maximum absolute atomic E-state index is 5.37. The minimum Gasteiger partial charge on any atom is -0.493 e. The topological polar surface area (TPSA) is 80.8 Å². The Kier molecular flexibility index (Phi) is 7.69. The molecule has 2 heterocycles. The van der Waals surface area contributed by atoms with E-state index < -0.39 is 0 Å². The summed E-state index contributed by atoms with van der Waals surface area (Å²) in [4.78, 5) is 11.2. The van der Waals surface area contributed by atoms with Gasteiger partial charge in [-0.2, -0.15) is 4.98 Å². The summed E-state index contributed by atoms with van der Waals surface area (Å²) >= 11 is 0. The molecular weight excluding hydrogens is 358 g/mol. The second-order valence-corrected chi connectivity index (χ2v) is 6.51. The van der Waals surface area contributed by atoms with Gasteiger partial charge in [0.1, 0.15) is 5.82 Å². The smallest absolute Gasteiger partial charge is 0.224 e. The lowest BCUT2D eigenvalue weighted by molar-refractivity contribution is 0.0398. The van der Waals surface area contributed by atoms with E-state index in [0.717, 1.165) is 69.7 Å². The van der Waals surface area contributed by atoms with Gasteiger partial charge in [-0.3, -0.25) is 4.90 Å². The molecule has 0 spiro atoms. The Balaban J connectivity index is 1.44. The van der Waals surface area contributed by atoms with Gasteiger partial charge in [-0.25, -0.2) is 4.98 Å². The standard InChI is InChI=1S/C20H29N5O3/c1-26-17-4-3-16(15-18(17)27-2)5-7-21-19-6-8-22-20(24-19)23-9-10-25-11-13-28-14-12-25/h3-4,6,8,15H,5,7,9-14H2,1-2H3,(H2,21,22,23,24). The first kappa shape index (κ1) is 20.2. The molecule has 1 aromatic carbocycles. The van der Waals surface area contributed by atoms with Gasteiger partial charge in [-0.05, 0) is 30.2 Å². The van der Waals surface area contributed by atoms with Gasteiger partial charge in [0.2, 0.25) is 5.95 Å². The van der Waals surface area contributed by atoms with Crippen LogP contribution >= 0.6 is 0 Å². The first-order valence-corrected chi connectivity index (χ1v) is 9.60. The summed E-state index contributed by atoms with van der Waals surface area (Å²) in [7, 11) is 3.29. The summed E-state index contributed by atoms with van der Waals surface area (Å²) in [5, 5.41) is 6.64. The minimum atomic E-state index is 0.643. The Hall–Kier alpha value is -2.58. The van der Waals surface area contributed by atoms with Crippen LogP contribution in [0.3, 0.4) is 0 Å². The van der Waals surface area contributed by atoms with Crippen LogP contribution in [-0.4, -0.2) is 75.0 Å². The van der Waals surface area contributed by atoms with Gasteiger partial charge in [-0.1, -0.05) is 6.07 Å². The summed E-state index contributed by atoms with van der Waals surface area (Å²) in [6, 6.07) is 7.85. The van der Waals surface area contributed by atoms with Crippen LogP contribution in [0.15, 0.2) is 30.5 Å². The fourth-order valence-corrected chi connectivity index (χ4v) is 3.06. The van der Waals surface area contributed by atoms with Crippen molar-refractivity contribution in [3.63, 3.8) is 0 Å². The Labute approximate surface area is 166 Å². The predicted molar refractivity (Wildman–Crippen MR) is 110 cm³/mol. The normalized spacial score (nSPS) is 14.5. The van der Waals surface area contributed by atoms with Crippen molar-refractivity contribution >= 4 is 11.8 Å². The fraction of sp³-hybridized carbons (Fsp3) is 0.500. The molecule has 3 rings (SSSR count). The largest absolute Gasteiger partial charge is 0.493 e. The van der Waals surface area contributed by atoms with Crippen molar-refractivity contribution in [2.24, 2.45) is 0 Å². The lowest BCUT2D eigenvalue weighted by atomic mass is 10.1. The lowest BCUT2D eigenvalue weighted by Crippen LogP contribution is -2.39. The van der Waals surface area contributed by atoms with Crippen LogP contribution < -0.4 is 20.1 Å². The molecule has 0 atom stereocenters. The molecular formula is C20H29N5O3. The minimum absolute atomic E-state index is 0.643. The first-order chi connectivity index (χ1) is 13.8. The molecule has 0 aliphatic carbocycles. The number of anilines is 2. The molecule has 1 aromatic heterocycles. The summed E-state index contributed by atoms with van der Waals surface area (Å²) in [6.45, 7) is 6.14. The van der Waals surface area contributed by atoms with Crippen molar-refractivity contribution in [1.29, 1.82) is 0 Å². The molecule has 8 heteroatoms. The number of hydrogen-bond acceptors (Lipinski definition) is 8. The molecule has 1 aliphatic heterocycles. The van der Waals surface area contributed by atoms with Gasteiger partial charge in [0.05, 0.1) is 27.4 Å². The second-order valence-electron chi connectivity index (χ2n) is 6.51. The van der Waals surface area contributed by atoms with Gasteiger partial charge < -0.3 is 24.8 Å². The van der Waals surface area contributed by atoms with Crippen LogP contribution in [0, 0.1) is 0 Å². The number of benzene rings is 1. The quantitative estimate of drug-likeness (QED) is 0.640. The van der Waals surface area contributed by atoms with Crippen molar-refractivity contribution < 1.29 is 14.2 Å².